The summed E-state index contributed by atoms with van der Waals surface area (Å²) in [5.74, 6) is 0.524. The van der Waals surface area contributed by atoms with E-state index in [4.69, 9.17) is 4.74 Å². The molecule has 1 N–H and O–H groups in total. The molecular formula is C20H16INO2. The Morgan fingerprint density at radius 2 is 1.67 bits per heavy atom. The summed E-state index contributed by atoms with van der Waals surface area (Å²) in [4.78, 5) is 12.4. The van der Waals surface area contributed by atoms with Gasteiger partial charge < -0.3 is 10.1 Å². The van der Waals surface area contributed by atoms with Crippen LogP contribution in [0.5, 0.6) is 5.75 Å². The minimum Gasteiger partial charge on any atom is -0.489 e. The third-order valence-corrected chi connectivity index (χ3v) is 4.17. The van der Waals surface area contributed by atoms with Gasteiger partial charge in [0.05, 0.1) is 0 Å². The molecule has 24 heavy (non-hydrogen) atoms. The smallest absolute Gasteiger partial charge is 0.255 e. The number of carbonyl (C=O) groups excluding carboxylic acids is 1. The molecule has 0 aromatic heterocycles. The Morgan fingerprint density at radius 3 is 2.42 bits per heavy atom. The topological polar surface area (TPSA) is 38.3 Å². The molecule has 3 rings (SSSR count). The predicted octanol–water partition coefficient (Wildman–Crippen LogP) is 5.12. The van der Waals surface area contributed by atoms with Crippen molar-refractivity contribution in [2.45, 2.75) is 6.61 Å². The lowest BCUT2D eigenvalue weighted by Gasteiger charge is -2.09. The van der Waals surface area contributed by atoms with E-state index in [0.717, 1.165) is 14.8 Å². The molecule has 0 aliphatic heterocycles. The summed E-state index contributed by atoms with van der Waals surface area (Å²) in [6.07, 6.45) is 0. The second kappa shape index (κ2) is 7.97. The van der Waals surface area contributed by atoms with Gasteiger partial charge in [0.2, 0.25) is 0 Å². The van der Waals surface area contributed by atoms with E-state index < -0.39 is 0 Å². The lowest BCUT2D eigenvalue weighted by atomic mass is 10.2. The fourth-order valence-electron chi connectivity index (χ4n) is 2.20. The van der Waals surface area contributed by atoms with Crippen molar-refractivity contribution in [2.24, 2.45) is 0 Å². The zero-order valence-corrected chi connectivity index (χ0v) is 15.1. The molecule has 3 aromatic rings. The van der Waals surface area contributed by atoms with E-state index in [1.165, 1.54) is 0 Å². The van der Waals surface area contributed by atoms with Gasteiger partial charge in [-0.3, -0.25) is 4.79 Å². The number of hydrogen-bond donors (Lipinski definition) is 1. The summed E-state index contributed by atoms with van der Waals surface area (Å²) in [6, 6.07) is 24.8. The number of carbonyl (C=O) groups is 1. The zero-order chi connectivity index (χ0) is 16.8. The molecule has 0 bridgehead atoms. The van der Waals surface area contributed by atoms with E-state index in [0.29, 0.717) is 17.9 Å². The first kappa shape index (κ1) is 16.5. The molecule has 0 saturated heterocycles. The van der Waals surface area contributed by atoms with E-state index in [2.05, 4.69) is 27.9 Å². The summed E-state index contributed by atoms with van der Waals surface area (Å²) in [5, 5.41) is 2.89. The van der Waals surface area contributed by atoms with Crippen molar-refractivity contribution in [3.05, 3.63) is 93.6 Å². The van der Waals surface area contributed by atoms with Crippen LogP contribution in [-0.4, -0.2) is 5.91 Å². The molecule has 0 unspecified atom stereocenters. The molecule has 0 saturated carbocycles. The molecule has 120 valence electrons. The van der Waals surface area contributed by atoms with Gasteiger partial charge in [-0.25, -0.2) is 0 Å². The zero-order valence-electron chi connectivity index (χ0n) is 12.9. The summed E-state index contributed by atoms with van der Waals surface area (Å²) < 4.78 is 6.89. The summed E-state index contributed by atoms with van der Waals surface area (Å²) in [7, 11) is 0. The average Bonchev–Trinajstić information content (AvgIpc) is 2.63. The Kier molecular flexibility index (Phi) is 5.48. The third-order valence-electron chi connectivity index (χ3n) is 3.45. The van der Waals surface area contributed by atoms with Crippen LogP contribution in [0.2, 0.25) is 0 Å². The number of rotatable bonds is 5. The minimum atomic E-state index is -0.152. The number of hydrogen-bond acceptors (Lipinski definition) is 2. The van der Waals surface area contributed by atoms with Crippen molar-refractivity contribution in [3.8, 4) is 5.75 Å². The van der Waals surface area contributed by atoms with Crippen LogP contribution in [0.1, 0.15) is 15.9 Å². The summed E-state index contributed by atoms with van der Waals surface area (Å²) in [6.45, 7) is 0.475. The van der Waals surface area contributed by atoms with Gasteiger partial charge in [0.15, 0.2) is 0 Å². The fraction of sp³-hybridized carbons (Fsp3) is 0.0500. The first-order chi connectivity index (χ1) is 11.7. The maximum absolute atomic E-state index is 12.4. The first-order valence-corrected chi connectivity index (χ1v) is 8.62. The lowest BCUT2D eigenvalue weighted by Crippen LogP contribution is -2.11. The minimum absolute atomic E-state index is 0.152. The Hall–Kier alpha value is -2.34. The number of amides is 1. The number of nitrogens with one attached hydrogen (secondary N) is 1. The van der Waals surface area contributed by atoms with Gasteiger partial charge in [-0.2, -0.15) is 0 Å². The van der Waals surface area contributed by atoms with Gasteiger partial charge in [0.1, 0.15) is 12.4 Å². The van der Waals surface area contributed by atoms with E-state index >= 15 is 0 Å². The molecular weight excluding hydrogens is 413 g/mol. The molecule has 3 nitrogen and oxygen atoms in total. The van der Waals surface area contributed by atoms with Crippen molar-refractivity contribution in [1.82, 2.24) is 0 Å². The fourth-order valence-corrected chi connectivity index (χ4v) is 2.56. The van der Waals surface area contributed by atoms with E-state index in [1.54, 1.807) is 12.1 Å². The number of anilines is 1. The monoisotopic (exact) mass is 429 g/mol. The Labute approximate surface area is 154 Å². The van der Waals surface area contributed by atoms with E-state index in [1.807, 2.05) is 66.7 Å². The maximum Gasteiger partial charge on any atom is 0.255 e. The highest BCUT2D eigenvalue weighted by Crippen LogP contribution is 2.17. The second-order valence-corrected chi connectivity index (χ2v) is 6.51. The van der Waals surface area contributed by atoms with Crippen LogP contribution in [0.15, 0.2) is 78.9 Å². The van der Waals surface area contributed by atoms with Crippen LogP contribution in [0.3, 0.4) is 0 Å². The van der Waals surface area contributed by atoms with Crippen LogP contribution in [0, 0.1) is 3.57 Å². The molecule has 0 radical (unpaired) electrons. The second-order valence-electron chi connectivity index (χ2n) is 5.26. The SMILES string of the molecule is O=C(Nc1ccc(I)cc1)c1cccc(OCc2ccccc2)c1. The van der Waals surface area contributed by atoms with Crippen LogP contribution < -0.4 is 10.1 Å². The highest BCUT2D eigenvalue weighted by molar-refractivity contribution is 14.1. The first-order valence-electron chi connectivity index (χ1n) is 7.54. The molecule has 1 amide bonds. The van der Waals surface area contributed by atoms with Crippen molar-refractivity contribution in [3.63, 3.8) is 0 Å². The van der Waals surface area contributed by atoms with E-state index in [9.17, 15) is 4.79 Å². The van der Waals surface area contributed by atoms with Crippen LogP contribution >= 0.6 is 22.6 Å². The number of ether oxygens (including phenoxy) is 1. The molecule has 0 aliphatic carbocycles. The molecule has 4 heteroatoms. The standard InChI is InChI=1S/C20H16INO2/c21-17-9-11-18(12-10-17)22-20(23)16-7-4-8-19(13-16)24-14-15-5-2-1-3-6-15/h1-13H,14H2,(H,22,23). The number of halogens is 1. The van der Waals surface area contributed by atoms with Crippen LogP contribution in [0.25, 0.3) is 0 Å². The number of benzene rings is 3. The highest BCUT2D eigenvalue weighted by atomic mass is 127. The Morgan fingerprint density at radius 1 is 0.917 bits per heavy atom. The van der Waals surface area contributed by atoms with Gasteiger partial charge in [0, 0.05) is 14.8 Å². The molecule has 3 aromatic carbocycles. The quantitative estimate of drug-likeness (QED) is 0.572. The summed E-state index contributed by atoms with van der Waals surface area (Å²) in [5.41, 5.74) is 2.43. The van der Waals surface area contributed by atoms with Crippen molar-refractivity contribution in [1.29, 1.82) is 0 Å². The van der Waals surface area contributed by atoms with Gasteiger partial charge in [0.25, 0.3) is 5.91 Å². The lowest BCUT2D eigenvalue weighted by molar-refractivity contribution is 0.102. The normalized spacial score (nSPS) is 10.2. The molecule has 0 aliphatic rings. The molecule has 0 fully saturated rings. The van der Waals surface area contributed by atoms with Crippen LogP contribution in [-0.2, 0) is 6.61 Å². The van der Waals surface area contributed by atoms with Gasteiger partial charge >= 0.3 is 0 Å². The van der Waals surface area contributed by atoms with Gasteiger partial charge in [-0.1, -0.05) is 36.4 Å². The molecule has 0 atom stereocenters. The molecule has 0 heterocycles. The predicted molar refractivity (Wildman–Crippen MR) is 104 cm³/mol. The van der Waals surface area contributed by atoms with Crippen LogP contribution in [0.4, 0.5) is 5.69 Å². The average molecular weight is 429 g/mol. The Balaban J connectivity index is 1.65. The highest BCUT2D eigenvalue weighted by Gasteiger charge is 2.07. The van der Waals surface area contributed by atoms with Crippen molar-refractivity contribution >= 4 is 34.2 Å². The Bertz CT molecular complexity index is 817. The summed E-state index contributed by atoms with van der Waals surface area (Å²) >= 11 is 2.23. The molecule has 0 spiro atoms. The maximum atomic E-state index is 12.4. The van der Waals surface area contributed by atoms with Gasteiger partial charge in [-0.15, -0.1) is 0 Å². The van der Waals surface area contributed by atoms with Gasteiger partial charge in [-0.05, 0) is 70.6 Å². The van der Waals surface area contributed by atoms with E-state index in [-0.39, 0.29) is 5.91 Å². The largest absolute Gasteiger partial charge is 0.489 e. The third kappa shape index (κ3) is 4.58. The van der Waals surface area contributed by atoms with Crippen molar-refractivity contribution in [2.75, 3.05) is 5.32 Å². The van der Waals surface area contributed by atoms with Crippen molar-refractivity contribution < 1.29 is 9.53 Å².